The lowest BCUT2D eigenvalue weighted by molar-refractivity contribution is -0.151. The summed E-state index contributed by atoms with van der Waals surface area (Å²) in [7, 11) is 0. The van der Waals surface area contributed by atoms with Gasteiger partial charge < -0.3 is 9.88 Å². The Morgan fingerprint density at radius 2 is 1.90 bits per heavy atom. The molecule has 0 radical (unpaired) electrons. The van der Waals surface area contributed by atoms with Crippen molar-refractivity contribution < 1.29 is 4.65 Å². The van der Waals surface area contributed by atoms with Crippen LogP contribution in [0.15, 0.2) is 0 Å². The summed E-state index contributed by atoms with van der Waals surface area (Å²) in [5, 5.41) is 3.83. The van der Waals surface area contributed by atoms with Crippen molar-refractivity contribution in [2.45, 2.75) is 70.2 Å². The van der Waals surface area contributed by atoms with Crippen molar-refractivity contribution >= 4 is 29.7 Å². The van der Waals surface area contributed by atoms with E-state index < -0.39 is 11.2 Å². The van der Waals surface area contributed by atoms with E-state index in [1.165, 1.54) is 6.42 Å². The topological polar surface area (TPSA) is 21.3 Å². The van der Waals surface area contributed by atoms with Crippen molar-refractivity contribution in [3.8, 4) is 0 Å². The van der Waals surface area contributed by atoms with Gasteiger partial charge in [-0.3, -0.25) is 0 Å². The van der Waals surface area contributed by atoms with E-state index in [9.17, 15) is 0 Å². The van der Waals surface area contributed by atoms with Crippen LogP contribution in [0.5, 0.6) is 0 Å². The third kappa shape index (κ3) is 1.92. The van der Waals surface area contributed by atoms with Crippen molar-refractivity contribution in [2.24, 2.45) is 23.2 Å². The highest BCUT2D eigenvalue weighted by molar-refractivity contribution is 6.88. The molecule has 0 amide bonds. The van der Waals surface area contributed by atoms with Crippen LogP contribution in [0.3, 0.4) is 0 Å². The molecule has 0 aromatic rings. The molecule has 5 heteroatoms. The van der Waals surface area contributed by atoms with Crippen molar-refractivity contribution in [1.82, 2.24) is 5.23 Å². The van der Waals surface area contributed by atoms with Crippen LogP contribution in [0.2, 0.25) is 6.32 Å². The van der Waals surface area contributed by atoms with E-state index in [-0.39, 0.29) is 11.6 Å². The van der Waals surface area contributed by atoms with E-state index in [0.717, 1.165) is 18.7 Å². The van der Waals surface area contributed by atoms with E-state index in [4.69, 9.17) is 27.9 Å². The largest absolute Gasteiger partial charge is 0.572 e. The number of hydrogen-bond acceptors (Lipinski definition) is 2. The molecule has 1 unspecified atom stereocenters. The highest BCUT2D eigenvalue weighted by atomic mass is 35.5. The Kier molecular flexibility index (Phi) is 3.50. The fourth-order valence-electron chi connectivity index (χ4n) is 5.45. The molecule has 4 aliphatic rings. The van der Waals surface area contributed by atoms with Gasteiger partial charge in [0.05, 0.1) is 0 Å². The molecule has 3 aliphatic carbocycles. The fourth-order valence-corrected chi connectivity index (χ4v) is 5.90. The molecule has 4 rings (SSSR count). The molecule has 3 saturated carbocycles. The van der Waals surface area contributed by atoms with E-state index in [1.807, 2.05) is 0 Å². The second-order valence-corrected chi connectivity index (χ2v) is 9.75. The maximum absolute atomic E-state index is 6.51. The minimum absolute atomic E-state index is 0.0369. The molecule has 0 aromatic carbocycles. The van der Waals surface area contributed by atoms with Crippen molar-refractivity contribution in [3.05, 3.63) is 0 Å². The Bertz CT molecular complexity index is 417. The molecule has 20 heavy (non-hydrogen) atoms. The van der Waals surface area contributed by atoms with Crippen LogP contribution >= 0.6 is 23.2 Å². The molecule has 2 nitrogen and oxygen atoms in total. The summed E-state index contributed by atoms with van der Waals surface area (Å²) < 4.78 is 6.04. The van der Waals surface area contributed by atoms with E-state index in [1.54, 1.807) is 0 Å². The standard InChI is InChI=1S/C15H27BCl2NO/c1-9(2)8-16(13(17)18)19-15(5)11-6-10(14(11,3)4)7-12(15)20-16/h9-13,19H,6-8H2,1-5H3/q-1/t10-,11-,12+,15-,16?/m0/s1. The van der Waals surface area contributed by atoms with Crippen LogP contribution in [0.1, 0.15) is 47.5 Å². The summed E-state index contributed by atoms with van der Waals surface area (Å²) in [6, 6.07) is 0. The van der Waals surface area contributed by atoms with Crippen LogP contribution in [-0.4, -0.2) is 22.9 Å². The van der Waals surface area contributed by atoms with Crippen LogP contribution < -0.4 is 5.23 Å². The smallest absolute Gasteiger partial charge is 0.215 e. The average Bonchev–Trinajstić information content (AvgIpc) is 2.60. The molecular formula is C15H27BCl2NO-. The minimum Gasteiger partial charge on any atom is -0.572 e. The molecule has 1 heterocycles. The first-order chi connectivity index (χ1) is 9.12. The first-order valence-electron chi connectivity index (χ1n) is 8.04. The molecule has 1 N–H and O–H groups in total. The fraction of sp³-hybridized carbons (Fsp3) is 1.00. The normalized spacial score (nSPS) is 49.4. The minimum atomic E-state index is -1.34. The summed E-state index contributed by atoms with van der Waals surface area (Å²) in [5.41, 5.74) is 0.453. The summed E-state index contributed by atoms with van der Waals surface area (Å²) in [4.78, 5) is 0. The molecule has 0 aromatic heterocycles. The highest BCUT2D eigenvalue weighted by Gasteiger charge is 2.66. The summed E-state index contributed by atoms with van der Waals surface area (Å²) in [6.45, 7) is 10.2. The lowest BCUT2D eigenvalue weighted by Gasteiger charge is -2.66. The van der Waals surface area contributed by atoms with Crippen LogP contribution in [0.25, 0.3) is 0 Å². The quantitative estimate of drug-likeness (QED) is 0.620. The van der Waals surface area contributed by atoms with Gasteiger partial charge in [-0.15, -0.1) is 29.5 Å². The number of rotatable bonds is 3. The van der Waals surface area contributed by atoms with Gasteiger partial charge in [-0.2, -0.15) is 0 Å². The molecule has 116 valence electrons. The van der Waals surface area contributed by atoms with Crippen LogP contribution in [0.4, 0.5) is 0 Å². The van der Waals surface area contributed by atoms with Crippen molar-refractivity contribution in [3.63, 3.8) is 0 Å². The third-order valence-corrected chi connectivity index (χ3v) is 7.37. The Morgan fingerprint density at radius 3 is 2.40 bits per heavy atom. The van der Waals surface area contributed by atoms with Crippen molar-refractivity contribution in [2.75, 3.05) is 0 Å². The van der Waals surface area contributed by atoms with Gasteiger partial charge >= 0.3 is 0 Å². The van der Waals surface area contributed by atoms with Crippen LogP contribution in [-0.2, 0) is 4.65 Å². The number of nitrogens with one attached hydrogen (secondary N) is 1. The summed E-state index contributed by atoms with van der Waals surface area (Å²) in [6.07, 6.45) is 3.66. The van der Waals surface area contributed by atoms with Gasteiger partial charge in [0.1, 0.15) is 0 Å². The predicted octanol–water partition coefficient (Wildman–Crippen LogP) is 4.24. The van der Waals surface area contributed by atoms with E-state index >= 15 is 0 Å². The summed E-state index contributed by atoms with van der Waals surface area (Å²) >= 11 is 12.7. The van der Waals surface area contributed by atoms with E-state index in [2.05, 4.69) is 39.8 Å². The second-order valence-electron chi connectivity index (χ2n) is 8.59. The lowest BCUT2D eigenvalue weighted by Crippen LogP contribution is -2.70. The Hall–Kier alpha value is 0.565. The highest BCUT2D eigenvalue weighted by Crippen LogP contribution is 2.65. The van der Waals surface area contributed by atoms with Gasteiger partial charge in [-0.1, -0.05) is 33.6 Å². The SMILES string of the molecule is CC(C)C[B-]1(C(Cl)Cl)N[C@]2(C)[C@@H](C[C@@H]3C[C@H]2C3(C)C)O1. The van der Waals surface area contributed by atoms with Gasteiger partial charge in [0, 0.05) is 16.4 Å². The number of hydrogen-bond donors (Lipinski definition) is 1. The Morgan fingerprint density at radius 1 is 1.25 bits per heavy atom. The van der Waals surface area contributed by atoms with Crippen molar-refractivity contribution in [1.29, 1.82) is 0 Å². The third-order valence-electron chi connectivity index (χ3n) is 6.55. The predicted molar refractivity (Wildman–Crippen MR) is 87.3 cm³/mol. The second kappa shape index (κ2) is 4.53. The average molecular weight is 319 g/mol. The molecule has 1 aliphatic heterocycles. The maximum atomic E-state index is 6.51. The van der Waals surface area contributed by atoms with Gasteiger partial charge in [0.2, 0.25) is 6.48 Å². The zero-order valence-corrected chi connectivity index (χ0v) is 14.8. The van der Waals surface area contributed by atoms with E-state index in [0.29, 0.717) is 17.3 Å². The Labute approximate surface area is 133 Å². The maximum Gasteiger partial charge on any atom is 0.215 e. The van der Waals surface area contributed by atoms with Gasteiger partial charge in [-0.05, 0) is 37.0 Å². The zero-order chi connectivity index (χ0) is 14.9. The number of alkyl halides is 2. The molecule has 4 fully saturated rings. The monoisotopic (exact) mass is 318 g/mol. The first-order valence-corrected chi connectivity index (χ1v) is 8.91. The lowest BCUT2D eigenvalue weighted by atomic mass is 9.42. The molecule has 5 atom stereocenters. The van der Waals surface area contributed by atoms with Gasteiger partial charge in [-0.25, -0.2) is 0 Å². The molecule has 0 spiro atoms. The summed E-state index contributed by atoms with van der Waals surface area (Å²) in [5.74, 6) is 1.98. The van der Waals surface area contributed by atoms with Crippen LogP contribution in [0, 0.1) is 23.2 Å². The first kappa shape index (κ1) is 15.5. The molecular weight excluding hydrogens is 292 g/mol. The Balaban J connectivity index is 1.90. The number of halogens is 2. The molecule has 1 saturated heterocycles. The van der Waals surface area contributed by atoms with Gasteiger partial charge in [0.15, 0.2) is 0 Å². The molecule has 2 bridgehead atoms. The zero-order valence-electron chi connectivity index (χ0n) is 13.2. The van der Waals surface area contributed by atoms with Gasteiger partial charge in [0.25, 0.3) is 0 Å².